The third kappa shape index (κ3) is 4.08. The van der Waals surface area contributed by atoms with Crippen LogP contribution in [0.2, 0.25) is 5.02 Å². The van der Waals surface area contributed by atoms with Crippen LogP contribution >= 0.6 is 11.6 Å². The van der Waals surface area contributed by atoms with E-state index < -0.39 is 10.0 Å². The van der Waals surface area contributed by atoms with Crippen LogP contribution in [0.3, 0.4) is 0 Å². The quantitative estimate of drug-likeness (QED) is 0.879. The highest BCUT2D eigenvalue weighted by Crippen LogP contribution is 2.25. The minimum Gasteiger partial charge on any atom is -0.377 e. The number of sulfonamides is 1. The minimum absolute atomic E-state index is 0.147. The number of halogens is 1. The van der Waals surface area contributed by atoms with Crippen LogP contribution < -0.4 is 9.62 Å². The van der Waals surface area contributed by atoms with Crippen molar-refractivity contribution < 1.29 is 13.2 Å². The minimum atomic E-state index is -3.67. The summed E-state index contributed by atoms with van der Waals surface area (Å²) in [6, 6.07) is 12.4. The smallest absolute Gasteiger partial charge is 0.261 e. The molecule has 1 N–H and O–H groups in total. The van der Waals surface area contributed by atoms with Gasteiger partial charge in [0.2, 0.25) is 0 Å². The number of rotatable bonds is 4. The van der Waals surface area contributed by atoms with E-state index in [4.69, 9.17) is 16.3 Å². The molecule has 2 aromatic rings. The van der Waals surface area contributed by atoms with Crippen molar-refractivity contribution in [3.63, 3.8) is 0 Å². The monoisotopic (exact) mass is 380 g/mol. The highest BCUT2D eigenvalue weighted by molar-refractivity contribution is 7.92. The van der Waals surface area contributed by atoms with Crippen LogP contribution in [0, 0.1) is 6.92 Å². The van der Waals surface area contributed by atoms with Crippen LogP contribution in [0.15, 0.2) is 47.4 Å². The van der Waals surface area contributed by atoms with E-state index in [-0.39, 0.29) is 4.90 Å². The predicted octanol–water partition coefficient (Wildman–Crippen LogP) is 3.67. The second-order valence-electron chi connectivity index (χ2n) is 6.18. The van der Waals surface area contributed by atoms with Gasteiger partial charge >= 0.3 is 0 Å². The molecule has 0 saturated carbocycles. The van der Waals surface area contributed by atoms with Crippen molar-refractivity contribution in [1.82, 2.24) is 0 Å². The van der Waals surface area contributed by atoms with Crippen molar-refractivity contribution in [3.8, 4) is 0 Å². The Morgan fingerprint density at radius 3 is 2.56 bits per heavy atom. The Morgan fingerprint density at radius 1 is 1.20 bits per heavy atom. The highest BCUT2D eigenvalue weighted by atomic mass is 35.5. The number of morpholine rings is 1. The molecule has 0 amide bonds. The van der Waals surface area contributed by atoms with Gasteiger partial charge in [0.15, 0.2) is 0 Å². The van der Waals surface area contributed by atoms with Crippen LogP contribution in [0.5, 0.6) is 0 Å². The SMILES string of the molecule is Cc1ccc(S(=O)(=O)Nc2ccc(N3CCOCC3C)cc2)cc1Cl. The second-order valence-corrected chi connectivity index (χ2v) is 8.27. The maximum Gasteiger partial charge on any atom is 0.261 e. The molecule has 0 spiro atoms. The van der Waals surface area contributed by atoms with Crippen LogP contribution in [0.25, 0.3) is 0 Å². The fourth-order valence-electron chi connectivity index (χ4n) is 2.79. The number of hydrogen-bond donors (Lipinski definition) is 1. The zero-order chi connectivity index (χ0) is 18.0. The maximum atomic E-state index is 12.5. The second kappa shape index (κ2) is 7.23. The van der Waals surface area contributed by atoms with Gasteiger partial charge < -0.3 is 9.64 Å². The van der Waals surface area contributed by atoms with Gasteiger partial charge in [-0.15, -0.1) is 0 Å². The molecule has 1 saturated heterocycles. The number of nitrogens with one attached hydrogen (secondary N) is 1. The van der Waals surface area contributed by atoms with E-state index in [9.17, 15) is 8.42 Å². The summed E-state index contributed by atoms with van der Waals surface area (Å²) in [5.41, 5.74) is 2.41. The molecule has 0 bridgehead atoms. The largest absolute Gasteiger partial charge is 0.377 e. The first kappa shape index (κ1) is 18.0. The number of benzene rings is 2. The average Bonchev–Trinajstić information content (AvgIpc) is 2.58. The van der Waals surface area contributed by atoms with Crippen LogP contribution in [0.1, 0.15) is 12.5 Å². The summed E-state index contributed by atoms with van der Waals surface area (Å²) in [6.45, 7) is 6.16. The van der Waals surface area contributed by atoms with Crippen molar-refractivity contribution in [2.24, 2.45) is 0 Å². The molecule has 1 atom stereocenters. The topological polar surface area (TPSA) is 58.6 Å². The Balaban J connectivity index is 1.77. The maximum absolute atomic E-state index is 12.5. The van der Waals surface area contributed by atoms with E-state index in [1.54, 1.807) is 24.3 Å². The molecule has 0 radical (unpaired) electrons. The van der Waals surface area contributed by atoms with E-state index in [0.29, 0.717) is 30.0 Å². The predicted molar refractivity (Wildman–Crippen MR) is 101 cm³/mol. The highest BCUT2D eigenvalue weighted by Gasteiger charge is 2.19. The molecular weight excluding hydrogens is 360 g/mol. The van der Waals surface area contributed by atoms with Crippen molar-refractivity contribution >= 4 is 33.0 Å². The molecule has 1 unspecified atom stereocenters. The molecule has 25 heavy (non-hydrogen) atoms. The molecule has 7 heteroatoms. The summed E-state index contributed by atoms with van der Waals surface area (Å²) in [4.78, 5) is 2.40. The first-order valence-electron chi connectivity index (χ1n) is 8.10. The van der Waals surface area contributed by atoms with Crippen molar-refractivity contribution in [3.05, 3.63) is 53.1 Å². The summed E-state index contributed by atoms with van der Waals surface area (Å²) in [6.07, 6.45) is 0. The van der Waals surface area contributed by atoms with Crippen molar-refractivity contribution in [2.45, 2.75) is 24.8 Å². The van der Waals surface area contributed by atoms with Gasteiger partial charge in [0.1, 0.15) is 0 Å². The molecule has 3 rings (SSSR count). The Kier molecular flexibility index (Phi) is 5.22. The van der Waals surface area contributed by atoms with E-state index in [2.05, 4.69) is 16.5 Å². The van der Waals surface area contributed by atoms with Gasteiger partial charge in [-0.25, -0.2) is 8.42 Å². The van der Waals surface area contributed by atoms with Crippen LogP contribution in [-0.4, -0.2) is 34.2 Å². The van der Waals surface area contributed by atoms with Crippen LogP contribution in [0.4, 0.5) is 11.4 Å². The zero-order valence-corrected chi connectivity index (χ0v) is 15.8. The van der Waals surface area contributed by atoms with Gasteiger partial charge in [0.05, 0.1) is 18.1 Å². The molecule has 2 aromatic carbocycles. The molecule has 1 aliphatic heterocycles. The first-order chi connectivity index (χ1) is 11.9. The molecule has 1 fully saturated rings. The number of anilines is 2. The van der Waals surface area contributed by atoms with Gasteiger partial charge in [0, 0.05) is 29.0 Å². The molecule has 134 valence electrons. The van der Waals surface area contributed by atoms with Gasteiger partial charge in [-0.05, 0) is 55.8 Å². The van der Waals surface area contributed by atoms with E-state index >= 15 is 0 Å². The lowest BCUT2D eigenvalue weighted by Crippen LogP contribution is -2.43. The van der Waals surface area contributed by atoms with Gasteiger partial charge in [0.25, 0.3) is 10.0 Å². The molecule has 0 aromatic heterocycles. The molecule has 1 aliphatic rings. The van der Waals surface area contributed by atoms with Crippen molar-refractivity contribution in [2.75, 3.05) is 29.4 Å². The third-order valence-corrected chi connectivity index (χ3v) is 6.06. The first-order valence-corrected chi connectivity index (χ1v) is 9.96. The van der Waals surface area contributed by atoms with E-state index in [0.717, 1.165) is 17.8 Å². The fourth-order valence-corrected chi connectivity index (χ4v) is 4.12. The third-order valence-electron chi connectivity index (χ3n) is 4.27. The summed E-state index contributed by atoms with van der Waals surface area (Å²) < 4.78 is 33.1. The number of ether oxygens (including phenoxy) is 1. The zero-order valence-electron chi connectivity index (χ0n) is 14.2. The summed E-state index contributed by atoms with van der Waals surface area (Å²) in [5.74, 6) is 0. The van der Waals surface area contributed by atoms with E-state index in [1.807, 2.05) is 19.1 Å². The summed E-state index contributed by atoms with van der Waals surface area (Å²) >= 11 is 6.04. The Hall–Kier alpha value is -1.76. The van der Waals surface area contributed by atoms with Gasteiger partial charge in [-0.1, -0.05) is 17.7 Å². The standard InChI is InChI=1S/C18H21ClN2O3S/c1-13-3-8-17(11-18(13)19)25(22,23)20-15-4-6-16(7-5-15)21-9-10-24-12-14(21)2/h3-8,11,14,20H,9-10,12H2,1-2H3. The Morgan fingerprint density at radius 2 is 1.92 bits per heavy atom. The molecule has 5 nitrogen and oxygen atoms in total. The van der Waals surface area contributed by atoms with Crippen LogP contribution in [-0.2, 0) is 14.8 Å². The van der Waals surface area contributed by atoms with Gasteiger partial charge in [-0.3, -0.25) is 4.72 Å². The lowest BCUT2D eigenvalue weighted by atomic mass is 10.2. The van der Waals surface area contributed by atoms with Crippen molar-refractivity contribution in [1.29, 1.82) is 0 Å². The summed E-state index contributed by atoms with van der Waals surface area (Å²) in [5, 5.41) is 0.430. The molecule has 1 heterocycles. The Bertz CT molecular complexity index is 853. The lowest BCUT2D eigenvalue weighted by molar-refractivity contribution is 0.0989. The van der Waals surface area contributed by atoms with Gasteiger partial charge in [-0.2, -0.15) is 0 Å². The number of nitrogens with zero attached hydrogens (tertiary/aromatic N) is 1. The molecular formula is C18H21ClN2O3S. The summed E-state index contributed by atoms with van der Waals surface area (Å²) in [7, 11) is -3.67. The number of aryl methyl sites for hydroxylation is 1. The molecule has 0 aliphatic carbocycles. The average molecular weight is 381 g/mol. The fraction of sp³-hybridized carbons (Fsp3) is 0.333. The Labute approximate surface area is 153 Å². The number of hydrogen-bond acceptors (Lipinski definition) is 4. The van der Waals surface area contributed by atoms with E-state index in [1.165, 1.54) is 6.07 Å². The normalized spacial score (nSPS) is 18.2. The lowest BCUT2D eigenvalue weighted by Gasteiger charge is -2.35.